The molecule has 0 amide bonds. The second kappa shape index (κ2) is 8.21. The molecule has 0 N–H and O–H groups in total. The number of piperidine rings is 2. The highest BCUT2D eigenvalue weighted by Gasteiger charge is 2.42. The maximum Gasteiger partial charge on any atom is 0.247 e. The SMILES string of the molecule is CCC(C(=O)[SH](=O)=O)C1CCN(N2CCC(C)CC2)C2=CCCCC21. The van der Waals surface area contributed by atoms with Crippen molar-refractivity contribution in [3.8, 4) is 0 Å². The van der Waals surface area contributed by atoms with Gasteiger partial charge in [0.2, 0.25) is 15.8 Å². The summed E-state index contributed by atoms with van der Waals surface area (Å²) in [6, 6.07) is 0. The number of hydrogen-bond donors (Lipinski definition) is 1. The number of rotatable bonds is 4. The van der Waals surface area contributed by atoms with E-state index in [1.165, 1.54) is 18.5 Å². The van der Waals surface area contributed by atoms with Crippen LogP contribution in [-0.4, -0.2) is 43.2 Å². The van der Waals surface area contributed by atoms with Crippen LogP contribution in [0.5, 0.6) is 0 Å². The molecule has 6 heteroatoms. The summed E-state index contributed by atoms with van der Waals surface area (Å²) in [5.74, 6) is 0.985. The Bertz CT molecular complexity index is 585. The summed E-state index contributed by atoms with van der Waals surface area (Å²) in [6.45, 7) is 7.41. The predicted molar refractivity (Wildman–Crippen MR) is 99.3 cm³/mol. The Balaban J connectivity index is 1.80. The normalized spacial score (nSPS) is 30.0. The molecule has 0 radical (unpaired) electrons. The maximum absolute atomic E-state index is 12.2. The van der Waals surface area contributed by atoms with Crippen molar-refractivity contribution < 1.29 is 13.2 Å². The van der Waals surface area contributed by atoms with Crippen molar-refractivity contribution in [1.82, 2.24) is 10.0 Å². The monoisotopic (exact) mass is 368 g/mol. The van der Waals surface area contributed by atoms with E-state index < -0.39 is 15.8 Å². The molecule has 3 rings (SSSR count). The van der Waals surface area contributed by atoms with Crippen molar-refractivity contribution in [3.05, 3.63) is 11.8 Å². The topological polar surface area (TPSA) is 57.7 Å². The third-order valence-corrected chi connectivity index (χ3v) is 7.19. The van der Waals surface area contributed by atoms with Gasteiger partial charge in [-0.05, 0) is 56.8 Å². The molecule has 3 aliphatic rings. The second-order valence-corrected chi connectivity index (χ2v) is 8.94. The van der Waals surface area contributed by atoms with Crippen molar-refractivity contribution in [1.29, 1.82) is 0 Å². The van der Waals surface area contributed by atoms with E-state index in [0.29, 0.717) is 12.3 Å². The molecule has 2 heterocycles. The number of hydrazine groups is 1. The van der Waals surface area contributed by atoms with Gasteiger partial charge in [0.1, 0.15) is 0 Å². The first-order valence-electron chi connectivity index (χ1n) is 9.93. The number of fused-ring (bicyclic) bond motifs is 1. The van der Waals surface area contributed by atoms with Crippen LogP contribution >= 0.6 is 0 Å². The number of nitrogens with zero attached hydrogens (tertiary/aromatic N) is 2. The van der Waals surface area contributed by atoms with Crippen LogP contribution in [0.2, 0.25) is 0 Å². The molecule has 0 spiro atoms. The van der Waals surface area contributed by atoms with E-state index in [2.05, 4.69) is 23.0 Å². The van der Waals surface area contributed by atoms with Crippen LogP contribution in [0.4, 0.5) is 0 Å². The molecule has 0 aromatic heterocycles. The van der Waals surface area contributed by atoms with Crippen molar-refractivity contribution in [2.45, 2.75) is 58.8 Å². The van der Waals surface area contributed by atoms with E-state index in [1.54, 1.807) is 0 Å². The first kappa shape index (κ1) is 18.9. The minimum Gasteiger partial charge on any atom is -0.310 e. The van der Waals surface area contributed by atoms with Gasteiger partial charge in [0.25, 0.3) is 0 Å². The van der Waals surface area contributed by atoms with Crippen molar-refractivity contribution in [2.24, 2.45) is 23.7 Å². The fraction of sp³-hybridized carbons (Fsp3) is 0.842. The number of thiol groups is 1. The largest absolute Gasteiger partial charge is 0.310 e. The van der Waals surface area contributed by atoms with Gasteiger partial charge in [-0.1, -0.05) is 19.9 Å². The molecular weight excluding hydrogens is 336 g/mol. The zero-order valence-electron chi connectivity index (χ0n) is 15.5. The molecule has 5 nitrogen and oxygen atoms in total. The Morgan fingerprint density at radius 1 is 1.20 bits per heavy atom. The first-order valence-corrected chi connectivity index (χ1v) is 11.1. The number of carbonyl (C=O) groups is 1. The van der Waals surface area contributed by atoms with Crippen LogP contribution in [0.1, 0.15) is 58.8 Å². The summed E-state index contributed by atoms with van der Waals surface area (Å²) in [5.41, 5.74) is 1.37. The van der Waals surface area contributed by atoms with Crippen LogP contribution in [0, 0.1) is 23.7 Å². The summed E-state index contributed by atoms with van der Waals surface area (Å²) >= 11 is 0. The first-order chi connectivity index (χ1) is 12.0. The fourth-order valence-corrected chi connectivity index (χ4v) is 5.68. The van der Waals surface area contributed by atoms with Gasteiger partial charge in [0, 0.05) is 37.2 Å². The van der Waals surface area contributed by atoms with Crippen molar-refractivity contribution >= 4 is 15.8 Å². The average Bonchev–Trinajstić information content (AvgIpc) is 2.63. The van der Waals surface area contributed by atoms with Crippen LogP contribution < -0.4 is 0 Å². The molecule has 2 saturated heterocycles. The average molecular weight is 369 g/mol. The summed E-state index contributed by atoms with van der Waals surface area (Å²) in [5, 5.41) is 4.42. The molecule has 2 aliphatic heterocycles. The van der Waals surface area contributed by atoms with E-state index in [4.69, 9.17) is 0 Å². The van der Waals surface area contributed by atoms with E-state index >= 15 is 0 Å². The Hall–Kier alpha value is -0.880. The lowest BCUT2D eigenvalue weighted by Crippen LogP contribution is -2.53. The van der Waals surface area contributed by atoms with Gasteiger partial charge in [-0.3, -0.25) is 4.79 Å². The Morgan fingerprint density at radius 3 is 2.56 bits per heavy atom. The molecule has 0 saturated carbocycles. The lowest BCUT2D eigenvalue weighted by Gasteiger charge is -2.51. The molecule has 2 fully saturated rings. The summed E-state index contributed by atoms with van der Waals surface area (Å²) < 4.78 is 22.6. The number of carbonyl (C=O) groups excluding carboxylic acids is 1. The van der Waals surface area contributed by atoms with Gasteiger partial charge >= 0.3 is 0 Å². The summed E-state index contributed by atoms with van der Waals surface area (Å²) in [7, 11) is -2.97. The minimum absolute atomic E-state index is 0.178. The van der Waals surface area contributed by atoms with E-state index in [9.17, 15) is 13.2 Å². The van der Waals surface area contributed by atoms with Crippen molar-refractivity contribution in [2.75, 3.05) is 19.6 Å². The van der Waals surface area contributed by atoms with Crippen LogP contribution in [0.15, 0.2) is 11.8 Å². The van der Waals surface area contributed by atoms with E-state index in [-0.39, 0.29) is 11.8 Å². The third kappa shape index (κ3) is 3.95. The second-order valence-electron chi connectivity index (χ2n) is 7.99. The van der Waals surface area contributed by atoms with Gasteiger partial charge in [-0.15, -0.1) is 0 Å². The van der Waals surface area contributed by atoms with Gasteiger partial charge in [0.15, 0.2) is 0 Å². The van der Waals surface area contributed by atoms with Gasteiger partial charge in [-0.2, -0.15) is 0 Å². The summed E-state index contributed by atoms with van der Waals surface area (Å²) in [4.78, 5) is 12.2. The smallest absolute Gasteiger partial charge is 0.247 e. The minimum atomic E-state index is -2.97. The van der Waals surface area contributed by atoms with Gasteiger partial charge in [-0.25, -0.2) is 13.4 Å². The third-order valence-electron chi connectivity index (χ3n) is 6.50. The highest BCUT2D eigenvalue weighted by molar-refractivity contribution is 7.89. The molecule has 0 aromatic carbocycles. The van der Waals surface area contributed by atoms with Gasteiger partial charge in [0.05, 0.1) is 0 Å². The van der Waals surface area contributed by atoms with Crippen LogP contribution in [0.25, 0.3) is 0 Å². The predicted octanol–water partition coefficient (Wildman–Crippen LogP) is 2.80. The lowest BCUT2D eigenvalue weighted by atomic mass is 9.71. The Morgan fingerprint density at radius 2 is 1.92 bits per heavy atom. The Labute approximate surface area is 153 Å². The molecule has 0 aromatic rings. The summed E-state index contributed by atoms with van der Waals surface area (Å²) in [6.07, 6.45) is 9.70. The molecule has 25 heavy (non-hydrogen) atoms. The Kier molecular flexibility index (Phi) is 6.21. The van der Waals surface area contributed by atoms with Crippen molar-refractivity contribution in [3.63, 3.8) is 0 Å². The molecule has 1 aliphatic carbocycles. The number of hydrogen-bond acceptors (Lipinski definition) is 5. The standard InChI is InChI=1S/C19H32N2O3S/c1-3-15(19(22)25(23)24)16-10-13-21(18-7-5-4-6-17(16)18)20-11-8-14(2)9-12-20/h7,14-17,25H,3-6,8-13H2,1-2H3. The highest BCUT2D eigenvalue weighted by Crippen LogP contribution is 2.44. The molecule has 0 bridgehead atoms. The number of allylic oxidation sites excluding steroid dienone is 2. The zero-order valence-corrected chi connectivity index (χ0v) is 16.4. The fourth-order valence-electron chi connectivity index (χ4n) is 5.04. The molecule has 142 valence electrons. The lowest BCUT2D eigenvalue weighted by molar-refractivity contribution is -0.119. The maximum atomic E-state index is 12.2. The van der Waals surface area contributed by atoms with Gasteiger partial charge < -0.3 is 5.01 Å². The zero-order chi connectivity index (χ0) is 18.0. The molecular formula is C19H32N2O3S. The highest BCUT2D eigenvalue weighted by atomic mass is 32.2. The molecule has 3 unspecified atom stereocenters. The molecule has 3 atom stereocenters. The van der Waals surface area contributed by atoms with Crippen LogP contribution in [-0.2, 0) is 15.5 Å². The van der Waals surface area contributed by atoms with E-state index in [0.717, 1.165) is 51.2 Å². The quantitative estimate of drug-likeness (QED) is 0.773. The van der Waals surface area contributed by atoms with E-state index in [1.807, 2.05) is 6.92 Å². The van der Waals surface area contributed by atoms with Crippen LogP contribution in [0.3, 0.4) is 0 Å².